The number of nitrogens with zero attached hydrogens (tertiary/aromatic N) is 2. The number of carbonyl (C=O) groups excluding carboxylic acids is 1. The van der Waals surface area contributed by atoms with Crippen LogP contribution in [0.3, 0.4) is 0 Å². The molecule has 9 heteroatoms. The summed E-state index contributed by atoms with van der Waals surface area (Å²) in [7, 11) is 0. The van der Waals surface area contributed by atoms with Crippen LogP contribution in [0.5, 0.6) is 0 Å². The van der Waals surface area contributed by atoms with Crippen LogP contribution in [-0.4, -0.2) is 27.0 Å². The molecule has 0 bridgehead atoms. The van der Waals surface area contributed by atoms with Crippen LogP contribution in [0.1, 0.15) is 43.1 Å². The average molecular weight is 388 g/mol. The second-order valence-corrected chi connectivity index (χ2v) is 6.94. The molecular weight excluding hydrogens is 367 g/mol. The first-order valence-electron chi connectivity index (χ1n) is 7.32. The number of alkyl carbamates (subject to hydrolysis) is 1. The molecule has 0 spiro atoms. The van der Waals surface area contributed by atoms with E-state index in [-0.39, 0.29) is 4.60 Å². The van der Waals surface area contributed by atoms with Crippen molar-refractivity contribution in [3.8, 4) is 0 Å². The second-order valence-electron chi connectivity index (χ2n) is 6.13. The van der Waals surface area contributed by atoms with Gasteiger partial charge in [0.1, 0.15) is 10.2 Å². The molecular formula is C13H19BrF3N3O2. The standard InChI is InChI=1S/C13H19BrF3N3O2/c1-11(2,3)22-10(21)18-12(4,5)7-20-9(14)6-8(19-20)13(15,16)17/h6H,7H2,1-5H3,(H,18,21)/i7D2. The van der Waals surface area contributed by atoms with Crippen LogP contribution < -0.4 is 5.32 Å². The van der Waals surface area contributed by atoms with Crippen molar-refractivity contribution < 1.29 is 25.4 Å². The highest BCUT2D eigenvalue weighted by molar-refractivity contribution is 9.10. The van der Waals surface area contributed by atoms with Crippen molar-refractivity contribution in [2.45, 2.75) is 58.4 Å². The molecule has 1 amide bonds. The van der Waals surface area contributed by atoms with Gasteiger partial charge in [-0.1, -0.05) is 0 Å². The molecule has 0 fully saturated rings. The predicted molar refractivity (Wildman–Crippen MR) is 78.4 cm³/mol. The lowest BCUT2D eigenvalue weighted by Crippen LogP contribution is -2.48. The summed E-state index contributed by atoms with van der Waals surface area (Å²) in [5.74, 6) is 0. The van der Waals surface area contributed by atoms with Gasteiger partial charge in [-0.25, -0.2) is 4.79 Å². The Morgan fingerprint density at radius 2 is 1.95 bits per heavy atom. The lowest BCUT2D eigenvalue weighted by atomic mass is 10.1. The fourth-order valence-corrected chi connectivity index (χ4v) is 1.81. The maximum atomic E-state index is 12.8. The van der Waals surface area contributed by atoms with Gasteiger partial charge in [0.25, 0.3) is 0 Å². The Bertz CT molecular complexity index is 625. The Morgan fingerprint density at radius 3 is 2.36 bits per heavy atom. The van der Waals surface area contributed by atoms with Crippen molar-refractivity contribution in [3.05, 3.63) is 16.4 Å². The maximum Gasteiger partial charge on any atom is 0.435 e. The summed E-state index contributed by atoms with van der Waals surface area (Å²) in [6.45, 7) is 5.05. The fourth-order valence-electron chi connectivity index (χ4n) is 1.43. The minimum absolute atomic E-state index is 0.209. The van der Waals surface area contributed by atoms with Crippen LogP contribution in [0.2, 0.25) is 0 Å². The van der Waals surface area contributed by atoms with Gasteiger partial charge in [0.05, 0.1) is 14.8 Å². The number of aromatic nitrogens is 2. The molecule has 0 aliphatic carbocycles. The molecule has 5 nitrogen and oxygen atoms in total. The van der Waals surface area contributed by atoms with Gasteiger partial charge in [-0.2, -0.15) is 18.3 Å². The minimum atomic E-state index is -4.72. The summed E-state index contributed by atoms with van der Waals surface area (Å²) in [5, 5.41) is 5.61. The molecule has 0 saturated heterocycles. The summed E-state index contributed by atoms with van der Waals surface area (Å²) < 4.78 is 59.9. The number of hydrogen-bond donors (Lipinski definition) is 1. The van der Waals surface area contributed by atoms with Crippen molar-refractivity contribution in [1.29, 1.82) is 0 Å². The van der Waals surface area contributed by atoms with E-state index in [4.69, 9.17) is 7.48 Å². The highest BCUT2D eigenvalue weighted by atomic mass is 79.9. The zero-order valence-electron chi connectivity index (χ0n) is 14.8. The number of ether oxygens (including phenoxy) is 1. The molecule has 1 rings (SSSR count). The van der Waals surface area contributed by atoms with E-state index >= 15 is 0 Å². The van der Waals surface area contributed by atoms with Gasteiger partial charge in [-0.15, -0.1) is 0 Å². The molecule has 22 heavy (non-hydrogen) atoms. The molecule has 0 aliphatic heterocycles. The van der Waals surface area contributed by atoms with Gasteiger partial charge < -0.3 is 10.1 Å². The third-order valence-corrected chi connectivity index (χ3v) is 2.72. The fraction of sp³-hybridized carbons (Fsp3) is 0.692. The Morgan fingerprint density at radius 1 is 1.41 bits per heavy atom. The highest BCUT2D eigenvalue weighted by Crippen LogP contribution is 2.30. The zero-order valence-corrected chi connectivity index (χ0v) is 14.4. The van der Waals surface area contributed by atoms with Crippen LogP contribution in [0.4, 0.5) is 18.0 Å². The maximum absolute atomic E-state index is 12.8. The first-order chi connectivity index (χ1) is 10.5. The van der Waals surface area contributed by atoms with E-state index in [1.165, 1.54) is 13.8 Å². The smallest absolute Gasteiger partial charge is 0.435 e. The molecule has 0 aromatic carbocycles. The molecule has 0 aliphatic rings. The van der Waals surface area contributed by atoms with Gasteiger partial charge in [0.2, 0.25) is 0 Å². The van der Waals surface area contributed by atoms with E-state index in [0.717, 1.165) is 0 Å². The number of nitrogens with one attached hydrogen (secondary N) is 1. The van der Waals surface area contributed by atoms with Gasteiger partial charge in [-0.05, 0) is 50.5 Å². The van der Waals surface area contributed by atoms with Gasteiger partial charge in [0, 0.05) is 6.07 Å². The Kier molecular flexibility index (Phi) is 4.33. The molecule has 1 N–H and O–H groups in total. The van der Waals surface area contributed by atoms with E-state index in [1.807, 2.05) is 0 Å². The number of carbonyl (C=O) groups is 1. The zero-order chi connectivity index (χ0) is 19.1. The van der Waals surface area contributed by atoms with Crippen LogP contribution in [0.15, 0.2) is 10.7 Å². The first kappa shape index (κ1) is 15.6. The quantitative estimate of drug-likeness (QED) is 0.853. The topological polar surface area (TPSA) is 56.2 Å². The molecule has 0 unspecified atom stereocenters. The van der Waals surface area contributed by atoms with Crippen molar-refractivity contribution in [1.82, 2.24) is 15.1 Å². The van der Waals surface area contributed by atoms with Gasteiger partial charge in [-0.3, -0.25) is 4.68 Å². The van der Waals surface area contributed by atoms with E-state index in [9.17, 15) is 18.0 Å². The summed E-state index contributed by atoms with van der Waals surface area (Å²) in [6.07, 6.45) is -5.61. The van der Waals surface area contributed by atoms with Crippen LogP contribution >= 0.6 is 15.9 Å². The normalized spacial score (nSPS) is 15.1. The summed E-state index contributed by atoms with van der Waals surface area (Å²) in [4.78, 5) is 11.9. The van der Waals surface area contributed by atoms with Crippen LogP contribution in [-0.2, 0) is 17.4 Å². The molecule has 126 valence electrons. The predicted octanol–water partition coefficient (Wildman–Crippen LogP) is 3.97. The minimum Gasteiger partial charge on any atom is -0.444 e. The van der Waals surface area contributed by atoms with E-state index in [1.54, 1.807) is 20.8 Å². The largest absolute Gasteiger partial charge is 0.444 e. The molecule has 1 heterocycles. The van der Waals surface area contributed by atoms with E-state index < -0.39 is 35.6 Å². The SMILES string of the molecule is [2H]C([2H])(n1nc(C(F)(F)F)cc1Br)C(C)(C)NC(=O)OC(C)(C)C. The van der Waals surface area contributed by atoms with Crippen molar-refractivity contribution in [3.63, 3.8) is 0 Å². The van der Waals surface area contributed by atoms with Crippen LogP contribution in [0.25, 0.3) is 0 Å². The van der Waals surface area contributed by atoms with Crippen molar-refractivity contribution in [2.75, 3.05) is 0 Å². The number of rotatable bonds is 3. The van der Waals surface area contributed by atoms with Crippen molar-refractivity contribution in [2.24, 2.45) is 0 Å². The highest BCUT2D eigenvalue weighted by Gasteiger charge is 2.35. The number of alkyl halides is 3. The van der Waals surface area contributed by atoms with E-state index in [2.05, 4.69) is 26.3 Å². The third-order valence-electron chi connectivity index (χ3n) is 2.16. The summed E-state index contributed by atoms with van der Waals surface area (Å²) >= 11 is 2.87. The Balaban J connectivity index is 3.13. The molecule has 0 saturated carbocycles. The second kappa shape index (κ2) is 6.10. The van der Waals surface area contributed by atoms with E-state index in [0.29, 0.717) is 10.7 Å². The van der Waals surface area contributed by atoms with Crippen molar-refractivity contribution >= 4 is 22.0 Å². The molecule has 1 aromatic heterocycles. The average Bonchev–Trinajstić information content (AvgIpc) is 2.67. The lowest BCUT2D eigenvalue weighted by Gasteiger charge is -2.28. The molecule has 0 radical (unpaired) electrons. The Hall–Kier alpha value is -1.25. The number of amides is 1. The number of halogens is 4. The lowest BCUT2D eigenvalue weighted by molar-refractivity contribution is -0.141. The van der Waals surface area contributed by atoms with Gasteiger partial charge >= 0.3 is 12.3 Å². The Labute approximate surface area is 138 Å². The first-order valence-corrected chi connectivity index (χ1v) is 7.11. The monoisotopic (exact) mass is 387 g/mol. The third kappa shape index (κ3) is 5.86. The molecule has 0 atom stereocenters. The van der Waals surface area contributed by atoms with Gasteiger partial charge in [0.15, 0.2) is 5.69 Å². The van der Waals surface area contributed by atoms with Crippen LogP contribution in [0, 0.1) is 0 Å². The number of hydrogen-bond acceptors (Lipinski definition) is 3. The summed E-state index contributed by atoms with van der Waals surface area (Å²) in [6, 6.07) is 0.668. The summed E-state index contributed by atoms with van der Waals surface area (Å²) in [5.41, 5.74) is -3.67. The molecule has 1 aromatic rings.